The molecule has 1 unspecified atom stereocenters. The van der Waals surface area contributed by atoms with Crippen LogP contribution in [0, 0.1) is 11.6 Å². The van der Waals surface area contributed by atoms with E-state index in [0.717, 1.165) is 12.1 Å². The first-order valence-corrected chi connectivity index (χ1v) is 4.25. The van der Waals surface area contributed by atoms with Crippen molar-refractivity contribution >= 4 is 11.8 Å². The molecule has 3 nitrogen and oxygen atoms in total. The van der Waals surface area contributed by atoms with Gasteiger partial charge in [-0.05, 0) is 17.7 Å². The smallest absolute Gasteiger partial charge is 0.311 e. The Kier molecular flexibility index (Phi) is 2.03. The third-order valence-corrected chi connectivity index (χ3v) is 2.46. The van der Waals surface area contributed by atoms with Gasteiger partial charge in [0, 0.05) is 12.0 Å². The summed E-state index contributed by atoms with van der Waals surface area (Å²) in [7, 11) is 0. The Hall–Kier alpha value is -1.78. The summed E-state index contributed by atoms with van der Waals surface area (Å²) in [6.45, 7) is 0. The van der Waals surface area contributed by atoms with Crippen LogP contribution in [0.25, 0.3) is 0 Å². The van der Waals surface area contributed by atoms with Crippen molar-refractivity contribution in [1.29, 1.82) is 0 Å². The van der Waals surface area contributed by atoms with E-state index < -0.39 is 29.3 Å². The van der Waals surface area contributed by atoms with Crippen LogP contribution in [-0.2, 0) is 4.79 Å². The Balaban J connectivity index is 2.61. The molecule has 1 N–H and O–H groups in total. The number of Topliss-reactive ketones (excluding diaryl/α,β-unsaturated/α-hetero) is 1. The SMILES string of the molecule is O=C1CC(C(=O)O)c2cc(F)c(F)cc21. The van der Waals surface area contributed by atoms with E-state index in [1.165, 1.54) is 0 Å². The van der Waals surface area contributed by atoms with E-state index in [4.69, 9.17) is 5.11 Å². The zero-order valence-electron chi connectivity index (χ0n) is 7.46. The van der Waals surface area contributed by atoms with Gasteiger partial charge in [0.15, 0.2) is 17.4 Å². The van der Waals surface area contributed by atoms with Crippen molar-refractivity contribution in [2.24, 2.45) is 0 Å². The summed E-state index contributed by atoms with van der Waals surface area (Å²) in [6.07, 6.45) is -0.229. The van der Waals surface area contributed by atoms with Crippen LogP contribution in [0.15, 0.2) is 12.1 Å². The van der Waals surface area contributed by atoms with Gasteiger partial charge in [-0.3, -0.25) is 9.59 Å². The van der Waals surface area contributed by atoms with Crippen molar-refractivity contribution in [3.05, 3.63) is 34.9 Å². The summed E-state index contributed by atoms with van der Waals surface area (Å²) in [4.78, 5) is 22.0. The molecular weight excluding hydrogens is 206 g/mol. The fraction of sp³-hybridized carbons (Fsp3) is 0.200. The highest BCUT2D eigenvalue weighted by atomic mass is 19.2. The fourth-order valence-electron chi connectivity index (χ4n) is 1.72. The first-order valence-electron chi connectivity index (χ1n) is 4.25. The Morgan fingerprint density at radius 1 is 1.33 bits per heavy atom. The molecule has 0 spiro atoms. The molecule has 2 rings (SSSR count). The van der Waals surface area contributed by atoms with Crippen LogP contribution in [0.2, 0.25) is 0 Å². The zero-order valence-corrected chi connectivity index (χ0v) is 7.46. The molecule has 0 radical (unpaired) electrons. The Labute approximate surface area is 83.3 Å². The predicted octanol–water partition coefficient (Wildman–Crippen LogP) is 1.72. The van der Waals surface area contributed by atoms with Crippen LogP contribution in [0.3, 0.4) is 0 Å². The lowest BCUT2D eigenvalue weighted by molar-refractivity contribution is -0.138. The lowest BCUT2D eigenvalue weighted by atomic mass is 10.0. The van der Waals surface area contributed by atoms with Gasteiger partial charge >= 0.3 is 5.97 Å². The number of halogens is 2. The maximum Gasteiger partial charge on any atom is 0.311 e. The van der Waals surface area contributed by atoms with Crippen molar-refractivity contribution in [1.82, 2.24) is 0 Å². The number of rotatable bonds is 1. The summed E-state index contributed by atoms with van der Waals surface area (Å²) in [5.41, 5.74) is 0.0349. The van der Waals surface area contributed by atoms with E-state index in [9.17, 15) is 18.4 Å². The van der Waals surface area contributed by atoms with Gasteiger partial charge < -0.3 is 5.11 Å². The van der Waals surface area contributed by atoms with Crippen molar-refractivity contribution < 1.29 is 23.5 Å². The maximum atomic E-state index is 12.9. The van der Waals surface area contributed by atoms with E-state index in [1.54, 1.807) is 0 Å². The van der Waals surface area contributed by atoms with E-state index in [0.29, 0.717) is 0 Å². The van der Waals surface area contributed by atoms with E-state index in [-0.39, 0.29) is 17.5 Å². The molecule has 0 heterocycles. The highest BCUT2D eigenvalue weighted by molar-refractivity contribution is 6.05. The number of carbonyl (C=O) groups is 2. The average molecular weight is 212 g/mol. The van der Waals surface area contributed by atoms with Crippen molar-refractivity contribution in [3.63, 3.8) is 0 Å². The number of carboxylic acids is 1. The average Bonchev–Trinajstić information content (AvgIpc) is 2.45. The monoisotopic (exact) mass is 212 g/mol. The fourth-order valence-corrected chi connectivity index (χ4v) is 1.72. The Bertz CT molecular complexity index is 468. The number of hydrogen-bond donors (Lipinski definition) is 1. The highest BCUT2D eigenvalue weighted by Crippen LogP contribution is 2.34. The van der Waals surface area contributed by atoms with Gasteiger partial charge in [-0.15, -0.1) is 0 Å². The van der Waals surface area contributed by atoms with Gasteiger partial charge in [-0.25, -0.2) is 8.78 Å². The summed E-state index contributed by atoms with van der Waals surface area (Å²) in [6, 6.07) is 1.55. The van der Waals surface area contributed by atoms with Gasteiger partial charge in [0.05, 0.1) is 5.92 Å². The minimum absolute atomic E-state index is 0.0266. The minimum Gasteiger partial charge on any atom is -0.481 e. The molecule has 0 amide bonds. The molecule has 5 heteroatoms. The number of aliphatic carboxylic acids is 1. The summed E-state index contributed by atoms with van der Waals surface area (Å²) in [5.74, 6) is -4.98. The highest BCUT2D eigenvalue weighted by Gasteiger charge is 2.35. The second-order valence-electron chi connectivity index (χ2n) is 3.37. The molecule has 0 aliphatic heterocycles. The lowest BCUT2D eigenvalue weighted by Crippen LogP contribution is -2.08. The van der Waals surface area contributed by atoms with Gasteiger partial charge in [0.1, 0.15) is 0 Å². The molecule has 1 aromatic carbocycles. The summed E-state index contributed by atoms with van der Waals surface area (Å²) < 4.78 is 25.7. The molecule has 1 aromatic rings. The Morgan fingerprint density at radius 2 is 1.93 bits per heavy atom. The third kappa shape index (κ3) is 1.40. The Morgan fingerprint density at radius 3 is 2.53 bits per heavy atom. The van der Waals surface area contributed by atoms with E-state index in [1.807, 2.05) is 0 Å². The number of benzene rings is 1. The molecule has 1 aliphatic carbocycles. The van der Waals surface area contributed by atoms with Crippen molar-refractivity contribution in [3.8, 4) is 0 Å². The van der Waals surface area contributed by atoms with Crippen LogP contribution in [0.5, 0.6) is 0 Å². The van der Waals surface area contributed by atoms with Crippen LogP contribution in [0.1, 0.15) is 28.3 Å². The number of fused-ring (bicyclic) bond motifs is 1. The molecule has 78 valence electrons. The molecule has 0 fully saturated rings. The lowest BCUT2D eigenvalue weighted by Gasteiger charge is -2.04. The molecule has 0 aromatic heterocycles. The number of hydrogen-bond acceptors (Lipinski definition) is 2. The number of carboxylic acid groups (broad SMARTS) is 1. The van der Waals surface area contributed by atoms with Crippen LogP contribution in [-0.4, -0.2) is 16.9 Å². The second-order valence-corrected chi connectivity index (χ2v) is 3.37. The minimum atomic E-state index is -1.20. The second kappa shape index (κ2) is 3.12. The quantitative estimate of drug-likeness (QED) is 0.771. The molecule has 15 heavy (non-hydrogen) atoms. The molecule has 1 atom stereocenters. The number of carbonyl (C=O) groups excluding carboxylic acids is 1. The van der Waals surface area contributed by atoms with Crippen LogP contribution >= 0.6 is 0 Å². The maximum absolute atomic E-state index is 12.9. The number of ketones is 1. The largest absolute Gasteiger partial charge is 0.481 e. The van der Waals surface area contributed by atoms with Gasteiger partial charge in [-0.1, -0.05) is 0 Å². The first kappa shape index (κ1) is 9.76. The van der Waals surface area contributed by atoms with E-state index in [2.05, 4.69) is 0 Å². The van der Waals surface area contributed by atoms with Gasteiger partial charge in [0.25, 0.3) is 0 Å². The first-order chi connectivity index (χ1) is 7.00. The third-order valence-electron chi connectivity index (χ3n) is 2.46. The zero-order chi connectivity index (χ0) is 11.2. The molecule has 0 saturated heterocycles. The van der Waals surface area contributed by atoms with Crippen LogP contribution in [0.4, 0.5) is 8.78 Å². The standard InChI is InChI=1S/C10H6F2O3/c11-7-1-4-5(2-8(7)12)9(13)3-6(4)10(14)15/h1-2,6H,3H2,(H,14,15). The van der Waals surface area contributed by atoms with Crippen molar-refractivity contribution in [2.45, 2.75) is 12.3 Å². The van der Waals surface area contributed by atoms with E-state index >= 15 is 0 Å². The van der Waals surface area contributed by atoms with Crippen molar-refractivity contribution in [2.75, 3.05) is 0 Å². The summed E-state index contributed by atoms with van der Waals surface area (Å²) in [5, 5.41) is 8.77. The van der Waals surface area contributed by atoms with Gasteiger partial charge in [-0.2, -0.15) is 0 Å². The topological polar surface area (TPSA) is 54.4 Å². The van der Waals surface area contributed by atoms with Crippen LogP contribution < -0.4 is 0 Å². The molecule has 0 bridgehead atoms. The molecule has 1 aliphatic rings. The molecule has 0 saturated carbocycles. The normalized spacial score (nSPS) is 19.1. The summed E-state index contributed by atoms with van der Waals surface area (Å²) >= 11 is 0. The predicted molar refractivity (Wildman–Crippen MR) is 45.7 cm³/mol. The van der Waals surface area contributed by atoms with Gasteiger partial charge in [0.2, 0.25) is 0 Å². The molecular formula is C10H6F2O3.